The van der Waals surface area contributed by atoms with Crippen molar-refractivity contribution in [2.24, 2.45) is 0 Å². The molecule has 0 unspecified atom stereocenters. The number of hydrogen-bond donors (Lipinski definition) is 0. The van der Waals surface area contributed by atoms with Crippen molar-refractivity contribution < 1.29 is 18.3 Å². The fraction of sp³-hybridized carbons (Fsp3) is 0.526. The number of unbranched alkanes of at least 4 members (excludes halogenated alkanes) is 11. The van der Waals surface area contributed by atoms with E-state index in [1.165, 1.54) is 82.6 Å². The zero-order chi connectivity index (χ0) is 29.0. The first-order valence-corrected chi connectivity index (χ1v) is 16.8. The maximum atomic E-state index is 6.36. The summed E-state index contributed by atoms with van der Waals surface area (Å²) >= 11 is 0. The summed E-state index contributed by atoms with van der Waals surface area (Å²) in [4.78, 5) is 0. The molecule has 5 aromatic rings. The van der Waals surface area contributed by atoms with Gasteiger partial charge < -0.3 is 18.3 Å². The molecule has 226 valence electrons. The van der Waals surface area contributed by atoms with Crippen LogP contribution in [0.3, 0.4) is 0 Å². The van der Waals surface area contributed by atoms with Crippen LogP contribution in [0.1, 0.15) is 109 Å². The second kappa shape index (κ2) is 16.0. The van der Waals surface area contributed by atoms with Crippen molar-refractivity contribution in [1.29, 1.82) is 0 Å². The van der Waals surface area contributed by atoms with Crippen molar-refractivity contribution in [3.63, 3.8) is 0 Å². The normalized spacial score (nSPS) is 12.0. The Hall–Kier alpha value is -2.98. The van der Waals surface area contributed by atoms with Gasteiger partial charge in [0.2, 0.25) is 0 Å². The van der Waals surface area contributed by atoms with Gasteiger partial charge in [0.05, 0.1) is 6.61 Å². The lowest BCUT2D eigenvalue weighted by atomic mass is 10.0. The van der Waals surface area contributed by atoms with Crippen LogP contribution in [-0.2, 0) is 11.2 Å². The SMILES string of the molecule is CCCCCCCCCCOc1ccc2c(c1)oc1cc3c(cc12)oc1cc(CCCCCOCCCCC)ccc13. The molecule has 0 aliphatic carbocycles. The molecule has 0 N–H and O–H groups in total. The van der Waals surface area contributed by atoms with E-state index in [-0.39, 0.29) is 0 Å². The summed E-state index contributed by atoms with van der Waals surface area (Å²) in [5, 5.41) is 4.44. The van der Waals surface area contributed by atoms with Gasteiger partial charge in [0.15, 0.2) is 0 Å². The number of aryl methyl sites for hydroxylation is 1. The van der Waals surface area contributed by atoms with Crippen molar-refractivity contribution in [3.8, 4) is 5.75 Å². The lowest BCUT2D eigenvalue weighted by Crippen LogP contribution is -1.97. The van der Waals surface area contributed by atoms with Gasteiger partial charge in [0, 0.05) is 40.8 Å². The van der Waals surface area contributed by atoms with Gasteiger partial charge in [-0.3, -0.25) is 0 Å². The predicted octanol–water partition coefficient (Wildman–Crippen LogP) is 11.9. The molecule has 5 rings (SSSR count). The van der Waals surface area contributed by atoms with E-state index in [0.29, 0.717) is 0 Å². The van der Waals surface area contributed by atoms with E-state index in [1.807, 2.05) is 6.07 Å². The Bertz CT molecular complexity index is 1410. The summed E-state index contributed by atoms with van der Waals surface area (Å²) in [7, 11) is 0. The van der Waals surface area contributed by atoms with Crippen molar-refractivity contribution in [2.45, 2.75) is 110 Å². The minimum absolute atomic E-state index is 0.759. The number of hydrogen-bond acceptors (Lipinski definition) is 4. The van der Waals surface area contributed by atoms with E-state index in [1.54, 1.807) is 0 Å². The molecule has 0 fully saturated rings. The fourth-order valence-electron chi connectivity index (χ4n) is 6.01. The predicted molar refractivity (Wildman–Crippen MR) is 177 cm³/mol. The van der Waals surface area contributed by atoms with Crippen LogP contribution >= 0.6 is 0 Å². The second-order valence-electron chi connectivity index (χ2n) is 12.0. The zero-order valence-electron chi connectivity index (χ0n) is 26.0. The molecule has 3 aromatic carbocycles. The van der Waals surface area contributed by atoms with Gasteiger partial charge in [-0.25, -0.2) is 0 Å². The topological polar surface area (TPSA) is 44.7 Å². The minimum atomic E-state index is 0.759. The Labute approximate surface area is 251 Å². The van der Waals surface area contributed by atoms with E-state index in [4.69, 9.17) is 18.3 Å². The molecule has 0 amide bonds. The Morgan fingerprint density at radius 2 is 1.00 bits per heavy atom. The molecule has 0 radical (unpaired) electrons. The van der Waals surface area contributed by atoms with E-state index < -0.39 is 0 Å². The summed E-state index contributed by atoms with van der Waals surface area (Å²) in [5.41, 5.74) is 4.95. The highest BCUT2D eigenvalue weighted by molar-refractivity contribution is 6.14. The number of benzene rings is 3. The first-order valence-electron chi connectivity index (χ1n) is 16.8. The summed E-state index contributed by atoms with van der Waals surface area (Å²) in [6, 6.07) is 17.2. The third-order valence-electron chi connectivity index (χ3n) is 8.51. The van der Waals surface area contributed by atoms with Crippen LogP contribution < -0.4 is 4.74 Å². The van der Waals surface area contributed by atoms with Crippen molar-refractivity contribution >= 4 is 43.9 Å². The average Bonchev–Trinajstić information content (AvgIpc) is 3.54. The Morgan fingerprint density at radius 1 is 0.476 bits per heavy atom. The summed E-state index contributed by atoms with van der Waals surface area (Å²) < 4.78 is 24.5. The molecule has 0 aliphatic rings. The molecule has 4 nitrogen and oxygen atoms in total. The lowest BCUT2D eigenvalue weighted by molar-refractivity contribution is 0.126. The Balaban J connectivity index is 1.15. The molecule has 0 aliphatic heterocycles. The maximum absolute atomic E-state index is 6.36. The van der Waals surface area contributed by atoms with Gasteiger partial charge in [-0.1, -0.05) is 90.2 Å². The molecule has 0 saturated heterocycles. The van der Waals surface area contributed by atoms with Crippen molar-refractivity contribution in [3.05, 3.63) is 54.1 Å². The number of ether oxygens (including phenoxy) is 2. The molecule has 0 saturated carbocycles. The summed E-state index contributed by atoms with van der Waals surface area (Å²) in [5.74, 6) is 0.880. The van der Waals surface area contributed by atoms with Gasteiger partial charge in [0.25, 0.3) is 0 Å². The van der Waals surface area contributed by atoms with Gasteiger partial charge in [-0.15, -0.1) is 0 Å². The largest absolute Gasteiger partial charge is 0.493 e. The zero-order valence-corrected chi connectivity index (χ0v) is 26.0. The van der Waals surface area contributed by atoms with Crippen LogP contribution in [0.2, 0.25) is 0 Å². The Kier molecular flexibility index (Phi) is 11.6. The molecule has 0 bridgehead atoms. The molecule has 4 heteroatoms. The highest BCUT2D eigenvalue weighted by Gasteiger charge is 2.14. The second-order valence-corrected chi connectivity index (χ2v) is 12.0. The van der Waals surface area contributed by atoms with Crippen LogP contribution in [-0.4, -0.2) is 19.8 Å². The molecule has 2 aromatic heterocycles. The van der Waals surface area contributed by atoms with Gasteiger partial charge >= 0.3 is 0 Å². The van der Waals surface area contributed by atoms with Crippen LogP contribution in [0.5, 0.6) is 5.75 Å². The lowest BCUT2D eigenvalue weighted by Gasteiger charge is -2.06. The first-order chi connectivity index (χ1) is 20.8. The van der Waals surface area contributed by atoms with Gasteiger partial charge in [-0.05, 0) is 68.0 Å². The first kappa shape index (κ1) is 30.5. The molecule has 42 heavy (non-hydrogen) atoms. The van der Waals surface area contributed by atoms with Crippen LogP contribution in [0.25, 0.3) is 43.9 Å². The fourth-order valence-corrected chi connectivity index (χ4v) is 6.01. The van der Waals surface area contributed by atoms with Crippen molar-refractivity contribution in [2.75, 3.05) is 19.8 Å². The van der Waals surface area contributed by atoms with Gasteiger partial charge in [-0.2, -0.15) is 0 Å². The highest BCUT2D eigenvalue weighted by Crippen LogP contribution is 2.38. The van der Waals surface area contributed by atoms with Gasteiger partial charge in [0.1, 0.15) is 28.1 Å². The smallest absolute Gasteiger partial charge is 0.139 e. The third-order valence-corrected chi connectivity index (χ3v) is 8.51. The maximum Gasteiger partial charge on any atom is 0.139 e. The number of fused-ring (bicyclic) bond motifs is 6. The quantitative estimate of drug-likeness (QED) is 0.0873. The minimum Gasteiger partial charge on any atom is -0.493 e. The molecule has 0 atom stereocenters. The Morgan fingerprint density at radius 3 is 1.71 bits per heavy atom. The molecule has 0 spiro atoms. The summed E-state index contributed by atoms with van der Waals surface area (Å²) in [6.07, 6.45) is 18.7. The number of rotatable bonds is 20. The summed E-state index contributed by atoms with van der Waals surface area (Å²) in [6.45, 7) is 7.05. The highest BCUT2D eigenvalue weighted by atomic mass is 16.5. The van der Waals surface area contributed by atoms with Crippen LogP contribution in [0, 0.1) is 0 Å². The monoisotopic (exact) mass is 570 g/mol. The van der Waals surface area contributed by atoms with E-state index in [0.717, 1.165) is 88.7 Å². The molecule has 2 heterocycles. The molecular formula is C38H50O4. The standard InChI is InChI=1S/C38H50O4/c1-3-5-7-8-9-10-11-16-24-40-30-19-21-32-34-28-37-33(27-38(34)42-36(32)26-30)31-20-18-29(25-35(31)41-37)17-13-12-15-23-39-22-14-6-4-2/h18-21,25-28H,3-17,22-24H2,1-2H3. The van der Waals surface area contributed by atoms with Crippen LogP contribution in [0.4, 0.5) is 0 Å². The van der Waals surface area contributed by atoms with E-state index >= 15 is 0 Å². The number of furan rings is 2. The average molecular weight is 571 g/mol. The van der Waals surface area contributed by atoms with Crippen molar-refractivity contribution in [1.82, 2.24) is 0 Å². The van der Waals surface area contributed by atoms with E-state index in [9.17, 15) is 0 Å². The molecular weight excluding hydrogens is 520 g/mol. The third kappa shape index (κ3) is 8.10. The van der Waals surface area contributed by atoms with E-state index in [2.05, 4.69) is 56.3 Å². The van der Waals surface area contributed by atoms with Crippen LogP contribution in [0.15, 0.2) is 57.4 Å².